The van der Waals surface area contributed by atoms with Gasteiger partial charge >= 0.3 is 5.97 Å². The maximum atomic E-state index is 13.2. The molecular formula is C24H23FO7S. The summed E-state index contributed by atoms with van der Waals surface area (Å²) in [5, 5.41) is 18.9. The van der Waals surface area contributed by atoms with E-state index in [-0.39, 0.29) is 28.6 Å². The predicted octanol–water partition coefficient (Wildman–Crippen LogP) is 5.02. The number of phenolic OH excluding ortho intramolecular Hbond substituents is 1. The van der Waals surface area contributed by atoms with Crippen LogP contribution < -0.4 is 9.47 Å². The zero-order valence-corrected chi connectivity index (χ0v) is 18.9. The first kappa shape index (κ1) is 24.1. The normalized spacial score (nSPS) is 11.2. The molecule has 0 fully saturated rings. The van der Waals surface area contributed by atoms with Crippen molar-refractivity contribution < 1.29 is 37.3 Å². The van der Waals surface area contributed by atoms with Crippen LogP contribution in [-0.2, 0) is 14.6 Å². The molecule has 0 aliphatic heterocycles. The molecule has 0 aliphatic carbocycles. The highest BCUT2D eigenvalue weighted by Crippen LogP contribution is 2.36. The van der Waals surface area contributed by atoms with E-state index in [1.165, 1.54) is 18.2 Å². The Morgan fingerprint density at radius 1 is 0.970 bits per heavy atom. The molecule has 0 amide bonds. The topological polar surface area (TPSA) is 110 Å². The van der Waals surface area contributed by atoms with E-state index in [0.29, 0.717) is 17.9 Å². The zero-order valence-electron chi connectivity index (χ0n) is 18.0. The Morgan fingerprint density at radius 2 is 1.61 bits per heavy atom. The molecule has 2 N–H and O–H groups in total. The van der Waals surface area contributed by atoms with Gasteiger partial charge in [-0.25, -0.2) is 12.8 Å². The molecule has 0 aromatic heterocycles. The fourth-order valence-corrected chi connectivity index (χ4v) is 4.56. The third-order valence-corrected chi connectivity index (χ3v) is 6.60. The summed E-state index contributed by atoms with van der Waals surface area (Å²) in [7, 11) is -4.11. The van der Waals surface area contributed by atoms with Crippen LogP contribution in [0.25, 0.3) is 0 Å². The quantitative estimate of drug-likeness (QED) is 0.331. The number of aliphatic carboxylic acids is 1. The molecule has 0 heterocycles. The van der Waals surface area contributed by atoms with Crippen LogP contribution in [0.5, 0.6) is 23.0 Å². The largest absolute Gasteiger partial charge is 0.507 e. The fraction of sp³-hybridized carbons (Fsp3) is 0.208. The molecule has 0 radical (unpaired) electrons. The molecule has 33 heavy (non-hydrogen) atoms. The van der Waals surface area contributed by atoms with Crippen molar-refractivity contribution in [2.24, 2.45) is 0 Å². The molecule has 174 valence electrons. The third kappa shape index (κ3) is 5.81. The van der Waals surface area contributed by atoms with Gasteiger partial charge in [0, 0.05) is 12.5 Å². The molecule has 0 unspecified atom stereocenters. The van der Waals surface area contributed by atoms with Gasteiger partial charge in [0.05, 0.1) is 11.5 Å². The number of phenols is 1. The van der Waals surface area contributed by atoms with E-state index in [4.69, 9.17) is 14.6 Å². The number of sulfone groups is 1. The van der Waals surface area contributed by atoms with E-state index in [2.05, 4.69) is 0 Å². The van der Waals surface area contributed by atoms with Gasteiger partial charge in [-0.15, -0.1) is 0 Å². The van der Waals surface area contributed by atoms with Crippen molar-refractivity contribution in [1.82, 2.24) is 0 Å². The van der Waals surface area contributed by atoms with Crippen molar-refractivity contribution in [2.75, 3.05) is 6.61 Å². The lowest BCUT2D eigenvalue weighted by atomic mass is 10.1. The number of rotatable bonds is 9. The van der Waals surface area contributed by atoms with E-state index in [1.807, 2.05) is 0 Å². The summed E-state index contributed by atoms with van der Waals surface area (Å²) in [6.45, 7) is 3.85. The molecule has 0 saturated carbocycles. The first-order chi connectivity index (χ1) is 15.6. The number of benzene rings is 3. The lowest BCUT2D eigenvalue weighted by molar-refractivity contribution is -0.137. The van der Waals surface area contributed by atoms with Crippen molar-refractivity contribution in [1.29, 1.82) is 0 Å². The number of ether oxygens (including phenoxy) is 2. The SMILES string of the molecule is Cc1cc(OCCCC(=O)O)cc(C)c1Oc1ccc(O)c(S(=O)(=O)c2ccc(F)cc2)c1. The van der Waals surface area contributed by atoms with Crippen molar-refractivity contribution >= 4 is 15.8 Å². The van der Waals surface area contributed by atoms with E-state index < -0.39 is 27.4 Å². The predicted molar refractivity (Wildman–Crippen MR) is 118 cm³/mol. The molecule has 0 aliphatic rings. The van der Waals surface area contributed by atoms with Crippen molar-refractivity contribution in [3.8, 4) is 23.0 Å². The lowest BCUT2D eigenvalue weighted by Gasteiger charge is -2.15. The fourth-order valence-electron chi connectivity index (χ4n) is 3.20. The highest BCUT2D eigenvalue weighted by atomic mass is 32.2. The summed E-state index contributed by atoms with van der Waals surface area (Å²) in [6.07, 6.45) is 0.396. The van der Waals surface area contributed by atoms with Gasteiger partial charge < -0.3 is 19.7 Å². The van der Waals surface area contributed by atoms with E-state index in [0.717, 1.165) is 35.4 Å². The Labute approximate surface area is 191 Å². The smallest absolute Gasteiger partial charge is 0.303 e. The first-order valence-electron chi connectivity index (χ1n) is 10.1. The molecule has 9 heteroatoms. The second-order valence-electron chi connectivity index (χ2n) is 7.42. The molecule has 0 bridgehead atoms. The highest BCUT2D eigenvalue weighted by molar-refractivity contribution is 7.91. The van der Waals surface area contributed by atoms with Crippen LogP contribution in [0.3, 0.4) is 0 Å². The van der Waals surface area contributed by atoms with Gasteiger partial charge in [0.25, 0.3) is 0 Å². The second-order valence-corrected chi connectivity index (χ2v) is 9.34. The van der Waals surface area contributed by atoms with Gasteiger partial charge in [-0.05, 0) is 79.9 Å². The van der Waals surface area contributed by atoms with Crippen LogP contribution in [0.2, 0.25) is 0 Å². The maximum Gasteiger partial charge on any atom is 0.303 e. The van der Waals surface area contributed by atoms with Gasteiger partial charge in [-0.3, -0.25) is 4.79 Å². The number of aryl methyl sites for hydroxylation is 2. The minimum absolute atomic E-state index is 0.0170. The Morgan fingerprint density at radius 3 is 2.21 bits per heavy atom. The minimum atomic E-state index is -4.11. The zero-order chi connectivity index (χ0) is 24.2. The van der Waals surface area contributed by atoms with E-state index in [9.17, 15) is 22.7 Å². The summed E-state index contributed by atoms with van der Waals surface area (Å²) in [5.74, 6) is -0.670. The summed E-state index contributed by atoms with van der Waals surface area (Å²) in [5.41, 5.74) is 1.44. The molecule has 7 nitrogen and oxygen atoms in total. The van der Waals surface area contributed by atoms with Crippen LogP contribution in [-0.4, -0.2) is 31.2 Å². The summed E-state index contributed by atoms with van der Waals surface area (Å²) >= 11 is 0. The Kier molecular flexibility index (Phi) is 7.23. The number of carboxylic acid groups (broad SMARTS) is 1. The molecule has 0 saturated heterocycles. The molecule has 3 aromatic carbocycles. The van der Waals surface area contributed by atoms with Gasteiger partial charge in [0.1, 0.15) is 33.7 Å². The molecule has 0 spiro atoms. The number of hydrogen-bond acceptors (Lipinski definition) is 6. The van der Waals surface area contributed by atoms with Gasteiger partial charge in [-0.2, -0.15) is 0 Å². The van der Waals surface area contributed by atoms with Crippen LogP contribution in [0, 0.1) is 19.7 Å². The van der Waals surface area contributed by atoms with Crippen molar-refractivity contribution in [2.45, 2.75) is 36.5 Å². The van der Waals surface area contributed by atoms with E-state index in [1.54, 1.807) is 26.0 Å². The number of hydrogen-bond donors (Lipinski definition) is 2. The molecule has 3 rings (SSSR count). The highest BCUT2D eigenvalue weighted by Gasteiger charge is 2.23. The molecule has 0 atom stereocenters. The standard InChI is InChI=1S/C24H23FO7S/c1-15-12-19(31-11-3-4-23(27)28)13-16(2)24(15)32-18-7-10-21(26)22(14-18)33(29,30)20-8-5-17(25)6-9-20/h5-10,12-14,26H,3-4,11H2,1-2H3,(H,27,28). The Hall–Kier alpha value is -3.59. The van der Waals surface area contributed by atoms with Crippen LogP contribution >= 0.6 is 0 Å². The van der Waals surface area contributed by atoms with Gasteiger partial charge in [0.15, 0.2) is 0 Å². The Bertz CT molecular complexity index is 1250. The summed E-state index contributed by atoms with van der Waals surface area (Å²) < 4.78 is 50.6. The van der Waals surface area contributed by atoms with Crippen molar-refractivity contribution in [3.63, 3.8) is 0 Å². The lowest BCUT2D eigenvalue weighted by Crippen LogP contribution is -2.04. The maximum absolute atomic E-state index is 13.2. The number of halogens is 1. The van der Waals surface area contributed by atoms with Crippen LogP contribution in [0.4, 0.5) is 4.39 Å². The Balaban J connectivity index is 1.84. The van der Waals surface area contributed by atoms with Gasteiger partial charge in [0.2, 0.25) is 9.84 Å². The van der Waals surface area contributed by atoms with Crippen LogP contribution in [0.1, 0.15) is 24.0 Å². The van der Waals surface area contributed by atoms with E-state index >= 15 is 0 Å². The van der Waals surface area contributed by atoms with Gasteiger partial charge in [-0.1, -0.05) is 0 Å². The van der Waals surface area contributed by atoms with Crippen LogP contribution in [0.15, 0.2) is 64.4 Å². The first-order valence-corrected chi connectivity index (χ1v) is 11.5. The average Bonchev–Trinajstić information content (AvgIpc) is 2.75. The number of carbonyl (C=O) groups is 1. The average molecular weight is 475 g/mol. The molecular weight excluding hydrogens is 451 g/mol. The number of aromatic hydroxyl groups is 1. The second kappa shape index (κ2) is 9.91. The summed E-state index contributed by atoms with van der Waals surface area (Å²) in [4.78, 5) is 10.1. The van der Waals surface area contributed by atoms with Crippen molar-refractivity contribution in [3.05, 3.63) is 71.5 Å². The third-order valence-electron chi connectivity index (χ3n) is 4.80. The summed E-state index contributed by atoms with van der Waals surface area (Å²) in [6, 6.07) is 11.7. The molecule has 3 aromatic rings. The minimum Gasteiger partial charge on any atom is -0.507 e. The monoisotopic (exact) mass is 474 g/mol. The number of carboxylic acids is 1.